The first-order valence-corrected chi connectivity index (χ1v) is 9.92. The van der Waals surface area contributed by atoms with Gasteiger partial charge in [-0.15, -0.1) is 0 Å². The Morgan fingerprint density at radius 2 is 1.77 bits per heavy atom. The first kappa shape index (κ1) is 18.1. The quantitative estimate of drug-likeness (QED) is 0.488. The van der Waals surface area contributed by atoms with Gasteiger partial charge in [0.1, 0.15) is 11.5 Å². The molecular weight excluding hydrogens is 374 g/mol. The Labute approximate surface area is 174 Å². The normalized spacial score (nSPS) is 13.2. The van der Waals surface area contributed by atoms with Gasteiger partial charge < -0.3 is 16.4 Å². The average Bonchev–Trinajstić information content (AvgIpc) is 3.16. The number of carbonyl (C=O) groups is 1. The van der Waals surface area contributed by atoms with Crippen LogP contribution in [0.3, 0.4) is 0 Å². The van der Waals surface area contributed by atoms with Crippen molar-refractivity contribution in [2.75, 3.05) is 11.1 Å². The SMILES string of the molecule is Nc1cc(Nc2cccc3ncccc23)nc(C(=O)NC2Cc3ccccc3C2)c1. The molecule has 0 saturated carbocycles. The predicted octanol–water partition coefficient (Wildman–Crippen LogP) is 3.85. The number of pyridine rings is 2. The van der Waals surface area contributed by atoms with E-state index in [4.69, 9.17) is 5.73 Å². The molecule has 4 N–H and O–H groups in total. The van der Waals surface area contributed by atoms with Gasteiger partial charge >= 0.3 is 0 Å². The van der Waals surface area contributed by atoms with Crippen LogP contribution in [0, 0.1) is 0 Å². The minimum atomic E-state index is -0.220. The lowest BCUT2D eigenvalue weighted by molar-refractivity contribution is 0.0933. The largest absolute Gasteiger partial charge is 0.399 e. The van der Waals surface area contributed by atoms with Crippen molar-refractivity contribution in [2.45, 2.75) is 18.9 Å². The topological polar surface area (TPSA) is 92.9 Å². The number of rotatable bonds is 4. The minimum Gasteiger partial charge on any atom is -0.399 e. The van der Waals surface area contributed by atoms with Gasteiger partial charge in [-0.2, -0.15) is 0 Å². The van der Waals surface area contributed by atoms with Gasteiger partial charge in [-0.05, 0) is 54.3 Å². The van der Waals surface area contributed by atoms with E-state index in [2.05, 4.69) is 32.7 Å². The van der Waals surface area contributed by atoms with Crippen molar-refractivity contribution in [3.63, 3.8) is 0 Å². The number of nitrogen functional groups attached to an aromatic ring is 1. The number of nitrogens with one attached hydrogen (secondary N) is 2. The lowest BCUT2D eigenvalue weighted by Crippen LogP contribution is -2.35. The zero-order chi connectivity index (χ0) is 20.5. The Morgan fingerprint density at radius 3 is 2.57 bits per heavy atom. The number of hydrogen-bond acceptors (Lipinski definition) is 5. The molecule has 0 aliphatic heterocycles. The van der Waals surface area contributed by atoms with Crippen LogP contribution in [-0.4, -0.2) is 21.9 Å². The molecule has 1 aliphatic carbocycles. The number of nitrogens with two attached hydrogens (primary N) is 1. The van der Waals surface area contributed by atoms with Crippen molar-refractivity contribution in [1.29, 1.82) is 0 Å². The van der Waals surface area contributed by atoms with Crippen LogP contribution in [0.5, 0.6) is 0 Å². The Balaban J connectivity index is 1.36. The van der Waals surface area contributed by atoms with E-state index >= 15 is 0 Å². The van der Waals surface area contributed by atoms with Crippen LogP contribution in [0.4, 0.5) is 17.2 Å². The van der Waals surface area contributed by atoms with Gasteiger partial charge in [-0.3, -0.25) is 9.78 Å². The van der Waals surface area contributed by atoms with E-state index in [9.17, 15) is 4.79 Å². The fourth-order valence-electron chi connectivity index (χ4n) is 4.00. The molecule has 0 bridgehead atoms. The average molecular weight is 395 g/mol. The molecule has 0 atom stereocenters. The van der Waals surface area contributed by atoms with Crippen LogP contribution in [0.2, 0.25) is 0 Å². The molecule has 1 aliphatic rings. The molecule has 2 aromatic carbocycles. The van der Waals surface area contributed by atoms with Gasteiger partial charge in [0.15, 0.2) is 0 Å². The number of carbonyl (C=O) groups excluding carboxylic acids is 1. The molecule has 0 radical (unpaired) electrons. The van der Waals surface area contributed by atoms with Gasteiger partial charge in [-0.25, -0.2) is 4.98 Å². The first-order valence-electron chi connectivity index (χ1n) is 9.92. The van der Waals surface area contributed by atoms with Gasteiger partial charge in [0, 0.05) is 35.1 Å². The molecule has 6 nitrogen and oxygen atoms in total. The zero-order valence-corrected chi connectivity index (χ0v) is 16.3. The third-order valence-corrected chi connectivity index (χ3v) is 5.37. The highest BCUT2D eigenvalue weighted by atomic mass is 16.1. The molecule has 4 aromatic rings. The Morgan fingerprint density at radius 1 is 0.967 bits per heavy atom. The molecule has 0 saturated heterocycles. The van der Waals surface area contributed by atoms with Gasteiger partial charge in [0.05, 0.1) is 5.52 Å². The molecule has 0 fully saturated rings. The summed E-state index contributed by atoms with van der Waals surface area (Å²) in [5, 5.41) is 7.35. The number of anilines is 3. The molecule has 2 aromatic heterocycles. The van der Waals surface area contributed by atoms with Gasteiger partial charge in [0.25, 0.3) is 5.91 Å². The molecule has 30 heavy (non-hydrogen) atoms. The second-order valence-corrected chi connectivity index (χ2v) is 7.52. The third kappa shape index (κ3) is 3.55. The van der Waals surface area contributed by atoms with Crippen molar-refractivity contribution in [3.8, 4) is 0 Å². The number of nitrogens with zero attached hydrogens (tertiary/aromatic N) is 2. The molecule has 148 valence electrons. The maximum Gasteiger partial charge on any atom is 0.270 e. The molecular formula is C24H21N5O. The Bertz CT molecular complexity index is 1220. The van der Waals surface area contributed by atoms with Crippen LogP contribution in [0.15, 0.2) is 72.9 Å². The second kappa shape index (κ2) is 7.48. The van der Waals surface area contributed by atoms with Crippen LogP contribution < -0.4 is 16.4 Å². The Hall–Kier alpha value is -3.93. The van der Waals surface area contributed by atoms with E-state index in [0.717, 1.165) is 29.4 Å². The van der Waals surface area contributed by atoms with E-state index in [1.807, 2.05) is 42.5 Å². The maximum atomic E-state index is 12.9. The minimum absolute atomic E-state index is 0.0682. The summed E-state index contributed by atoms with van der Waals surface area (Å²) in [5.41, 5.74) is 11.2. The van der Waals surface area contributed by atoms with E-state index in [1.54, 1.807) is 18.3 Å². The zero-order valence-electron chi connectivity index (χ0n) is 16.3. The van der Waals surface area contributed by atoms with Crippen LogP contribution in [-0.2, 0) is 12.8 Å². The highest BCUT2D eigenvalue weighted by Crippen LogP contribution is 2.26. The summed E-state index contributed by atoms with van der Waals surface area (Å²) >= 11 is 0. The summed E-state index contributed by atoms with van der Waals surface area (Å²) in [6.07, 6.45) is 3.42. The molecule has 6 heteroatoms. The van der Waals surface area contributed by atoms with E-state index < -0.39 is 0 Å². The van der Waals surface area contributed by atoms with Crippen molar-refractivity contribution in [3.05, 3.63) is 89.7 Å². The summed E-state index contributed by atoms with van der Waals surface area (Å²) in [6.45, 7) is 0. The Kier molecular flexibility index (Phi) is 4.52. The van der Waals surface area contributed by atoms with Crippen molar-refractivity contribution in [1.82, 2.24) is 15.3 Å². The third-order valence-electron chi connectivity index (χ3n) is 5.37. The standard InChI is InChI=1S/C24H21N5O/c25-17-13-22(24(30)27-18-11-15-5-1-2-6-16(15)12-18)29-23(14-17)28-21-9-3-8-20-19(21)7-4-10-26-20/h1-10,13-14,18H,11-12H2,(H,27,30)(H3,25,28,29). The number of fused-ring (bicyclic) bond motifs is 2. The molecule has 1 amide bonds. The summed E-state index contributed by atoms with van der Waals surface area (Å²) in [7, 11) is 0. The van der Waals surface area contributed by atoms with Crippen LogP contribution >= 0.6 is 0 Å². The van der Waals surface area contributed by atoms with Crippen molar-refractivity contribution >= 4 is 34.0 Å². The lowest BCUT2D eigenvalue weighted by atomic mass is 10.1. The maximum absolute atomic E-state index is 12.9. The number of hydrogen-bond donors (Lipinski definition) is 3. The van der Waals surface area contributed by atoms with Crippen molar-refractivity contribution < 1.29 is 4.79 Å². The highest BCUT2D eigenvalue weighted by molar-refractivity contribution is 5.95. The number of amides is 1. The number of benzene rings is 2. The van der Waals surface area contributed by atoms with E-state index in [-0.39, 0.29) is 11.9 Å². The van der Waals surface area contributed by atoms with Gasteiger partial charge in [0.2, 0.25) is 0 Å². The lowest BCUT2D eigenvalue weighted by Gasteiger charge is -2.14. The summed E-state index contributed by atoms with van der Waals surface area (Å²) in [5.74, 6) is 0.300. The summed E-state index contributed by atoms with van der Waals surface area (Å²) < 4.78 is 0. The van der Waals surface area contributed by atoms with Gasteiger partial charge in [-0.1, -0.05) is 30.3 Å². The van der Waals surface area contributed by atoms with Crippen LogP contribution in [0.25, 0.3) is 10.9 Å². The molecule has 0 spiro atoms. The van der Waals surface area contributed by atoms with Crippen molar-refractivity contribution in [2.24, 2.45) is 0 Å². The molecule has 2 heterocycles. The molecule has 5 rings (SSSR count). The monoisotopic (exact) mass is 395 g/mol. The highest BCUT2D eigenvalue weighted by Gasteiger charge is 2.23. The summed E-state index contributed by atoms with van der Waals surface area (Å²) in [6, 6.07) is 21.4. The second-order valence-electron chi connectivity index (χ2n) is 7.52. The summed E-state index contributed by atoms with van der Waals surface area (Å²) in [4.78, 5) is 21.7. The fraction of sp³-hybridized carbons (Fsp3) is 0.125. The fourth-order valence-corrected chi connectivity index (χ4v) is 4.00. The molecule has 0 unspecified atom stereocenters. The van der Waals surface area contributed by atoms with E-state index in [0.29, 0.717) is 17.2 Å². The van der Waals surface area contributed by atoms with Crippen LogP contribution in [0.1, 0.15) is 21.6 Å². The number of aromatic nitrogens is 2. The smallest absolute Gasteiger partial charge is 0.270 e. The predicted molar refractivity (Wildman–Crippen MR) is 119 cm³/mol. The van der Waals surface area contributed by atoms with E-state index in [1.165, 1.54) is 11.1 Å². The first-order chi connectivity index (χ1) is 14.7.